The molecule has 0 spiro atoms. The number of hydrogen-bond donors (Lipinski definition) is 2. The third kappa shape index (κ3) is 3.32. The van der Waals surface area contributed by atoms with Crippen molar-refractivity contribution in [1.82, 2.24) is 4.31 Å². The van der Waals surface area contributed by atoms with Crippen molar-refractivity contribution in [2.75, 3.05) is 11.3 Å². The Morgan fingerprint density at radius 1 is 1.42 bits per heavy atom. The van der Waals surface area contributed by atoms with Gasteiger partial charge in [-0.15, -0.1) is 0 Å². The van der Waals surface area contributed by atoms with E-state index in [2.05, 4.69) is 4.72 Å². The van der Waals surface area contributed by atoms with E-state index < -0.39 is 10.2 Å². The Hall–Kier alpha value is -0.980. The zero-order valence-electron chi connectivity index (χ0n) is 10.6. The van der Waals surface area contributed by atoms with Crippen molar-refractivity contribution in [2.24, 2.45) is 0 Å². The predicted molar refractivity (Wildman–Crippen MR) is 75.7 cm³/mol. The topological polar surface area (TPSA) is 69.6 Å². The fourth-order valence-corrected chi connectivity index (χ4v) is 3.88. The highest BCUT2D eigenvalue weighted by molar-refractivity contribution is 7.90. The van der Waals surface area contributed by atoms with Gasteiger partial charge in [-0.3, -0.25) is 4.72 Å². The highest BCUT2D eigenvalue weighted by Gasteiger charge is 2.29. The van der Waals surface area contributed by atoms with Crippen molar-refractivity contribution >= 4 is 27.5 Å². The molecule has 106 valence electrons. The van der Waals surface area contributed by atoms with Crippen LogP contribution in [0.15, 0.2) is 18.2 Å². The van der Waals surface area contributed by atoms with Crippen LogP contribution < -0.4 is 4.72 Å². The summed E-state index contributed by atoms with van der Waals surface area (Å²) in [4.78, 5) is 0. The Morgan fingerprint density at radius 2 is 2.16 bits per heavy atom. The second-order valence-corrected chi connectivity index (χ2v) is 6.76. The highest BCUT2D eigenvalue weighted by atomic mass is 35.5. The van der Waals surface area contributed by atoms with Gasteiger partial charge in [-0.1, -0.05) is 18.0 Å². The fourth-order valence-electron chi connectivity index (χ4n) is 2.21. The van der Waals surface area contributed by atoms with Crippen LogP contribution in [0.25, 0.3) is 0 Å². The molecule has 1 atom stereocenters. The van der Waals surface area contributed by atoms with Crippen molar-refractivity contribution in [1.29, 1.82) is 0 Å². The Balaban J connectivity index is 2.18. The van der Waals surface area contributed by atoms with Crippen LogP contribution in [0.3, 0.4) is 0 Å². The molecule has 1 fully saturated rings. The number of phenolic OH excluding ortho intramolecular Hbond substituents is 1. The molecule has 1 heterocycles. The Morgan fingerprint density at radius 3 is 2.79 bits per heavy atom. The zero-order valence-corrected chi connectivity index (χ0v) is 12.2. The van der Waals surface area contributed by atoms with Gasteiger partial charge in [-0.25, -0.2) is 0 Å². The van der Waals surface area contributed by atoms with Crippen LogP contribution in [0.2, 0.25) is 5.02 Å². The molecule has 0 radical (unpaired) electrons. The monoisotopic (exact) mass is 304 g/mol. The van der Waals surface area contributed by atoms with Gasteiger partial charge in [0.05, 0.1) is 10.7 Å². The number of aromatic hydroxyl groups is 1. The number of anilines is 1. The molecule has 2 N–H and O–H groups in total. The summed E-state index contributed by atoms with van der Waals surface area (Å²) in [5.41, 5.74) is 0.348. The van der Waals surface area contributed by atoms with E-state index in [1.165, 1.54) is 22.5 Å². The first-order valence-electron chi connectivity index (χ1n) is 6.18. The summed E-state index contributed by atoms with van der Waals surface area (Å²) in [6.07, 6.45) is 2.80. The molecule has 0 bridgehead atoms. The molecule has 1 aliphatic heterocycles. The number of halogens is 1. The van der Waals surface area contributed by atoms with E-state index >= 15 is 0 Å². The third-order valence-corrected chi connectivity index (χ3v) is 5.20. The molecule has 1 aliphatic rings. The van der Waals surface area contributed by atoms with Crippen LogP contribution in [0.4, 0.5) is 5.69 Å². The molecule has 1 unspecified atom stereocenters. The lowest BCUT2D eigenvalue weighted by Crippen LogP contribution is -2.44. The van der Waals surface area contributed by atoms with E-state index in [4.69, 9.17) is 11.6 Å². The van der Waals surface area contributed by atoms with E-state index in [1.54, 1.807) is 0 Å². The second kappa shape index (κ2) is 5.56. The maximum Gasteiger partial charge on any atom is 0.301 e. The Labute approximate surface area is 118 Å². The molecule has 1 saturated heterocycles. The molecule has 19 heavy (non-hydrogen) atoms. The quantitative estimate of drug-likeness (QED) is 0.843. The summed E-state index contributed by atoms with van der Waals surface area (Å²) >= 11 is 5.76. The van der Waals surface area contributed by atoms with Crippen LogP contribution in [0.1, 0.15) is 26.2 Å². The van der Waals surface area contributed by atoms with Crippen LogP contribution in [0.5, 0.6) is 5.75 Å². The van der Waals surface area contributed by atoms with E-state index in [-0.39, 0.29) is 16.8 Å². The minimum absolute atomic E-state index is 0.00108. The number of rotatable bonds is 3. The molecule has 0 amide bonds. The number of nitrogens with one attached hydrogen (secondary N) is 1. The van der Waals surface area contributed by atoms with E-state index in [9.17, 15) is 13.5 Å². The first kappa shape index (κ1) is 14.4. The maximum atomic E-state index is 12.3. The molecule has 2 rings (SSSR count). The Bertz CT molecular complexity index is 562. The van der Waals surface area contributed by atoms with Gasteiger partial charge in [-0.05, 0) is 38.0 Å². The molecule has 1 aromatic carbocycles. The summed E-state index contributed by atoms with van der Waals surface area (Å²) in [5.74, 6) is -0.0732. The predicted octanol–water partition coefficient (Wildman–Crippen LogP) is 2.58. The van der Waals surface area contributed by atoms with Crippen LogP contribution in [-0.2, 0) is 10.2 Å². The van der Waals surface area contributed by atoms with Gasteiger partial charge in [0.15, 0.2) is 0 Å². The van der Waals surface area contributed by atoms with Gasteiger partial charge >= 0.3 is 10.2 Å². The SMILES string of the molecule is CC1CCCCN1S(=O)(=O)Nc1ccc(O)c(Cl)c1. The van der Waals surface area contributed by atoms with Gasteiger partial charge < -0.3 is 5.11 Å². The van der Waals surface area contributed by atoms with Crippen molar-refractivity contribution in [3.05, 3.63) is 23.2 Å². The normalized spacial score (nSPS) is 21.3. The molecule has 0 aliphatic carbocycles. The van der Waals surface area contributed by atoms with Crippen molar-refractivity contribution in [3.63, 3.8) is 0 Å². The van der Waals surface area contributed by atoms with Gasteiger partial charge in [-0.2, -0.15) is 12.7 Å². The summed E-state index contributed by atoms with van der Waals surface area (Å²) in [5, 5.41) is 9.43. The minimum Gasteiger partial charge on any atom is -0.506 e. The smallest absolute Gasteiger partial charge is 0.301 e. The Kier molecular flexibility index (Phi) is 4.23. The molecule has 7 heteroatoms. The lowest BCUT2D eigenvalue weighted by Gasteiger charge is -2.32. The largest absolute Gasteiger partial charge is 0.506 e. The van der Waals surface area contributed by atoms with Crippen LogP contribution in [-0.4, -0.2) is 30.4 Å². The average Bonchev–Trinajstić information content (AvgIpc) is 2.34. The molecular formula is C12H17ClN2O3S. The molecular weight excluding hydrogens is 288 g/mol. The second-order valence-electron chi connectivity index (χ2n) is 4.73. The number of piperidine rings is 1. The number of phenols is 1. The third-order valence-electron chi connectivity index (χ3n) is 3.25. The van der Waals surface area contributed by atoms with Crippen molar-refractivity contribution in [3.8, 4) is 5.75 Å². The van der Waals surface area contributed by atoms with E-state index in [1.807, 2.05) is 6.92 Å². The fraction of sp³-hybridized carbons (Fsp3) is 0.500. The first-order chi connectivity index (χ1) is 8.90. The molecule has 0 aromatic heterocycles. The van der Waals surface area contributed by atoms with Crippen molar-refractivity contribution in [2.45, 2.75) is 32.2 Å². The summed E-state index contributed by atoms with van der Waals surface area (Å²) in [6.45, 7) is 2.44. The van der Waals surface area contributed by atoms with E-state index in [0.29, 0.717) is 12.2 Å². The highest BCUT2D eigenvalue weighted by Crippen LogP contribution is 2.28. The number of hydrogen-bond acceptors (Lipinski definition) is 3. The number of benzene rings is 1. The lowest BCUT2D eigenvalue weighted by molar-refractivity contribution is 0.270. The summed E-state index contributed by atoms with van der Waals surface area (Å²) in [6, 6.07) is 4.23. The minimum atomic E-state index is -3.57. The van der Waals surface area contributed by atoms with Crippen LogP contribution >= 0.6 is 11.6 Å². The number of nitrogens with zero attached hydrogens (tertiary/aromatic N) is 1. The summed E-state index contributed by atoms with van der Waals surface area (Å²) < 4.78 is 28.5. The van der Waals surface area contributed by atoms with Crippen LogP contribution in [0, 0.1) is 0 Å². The zero-order chi connectivity index (χ0) is 14.0. The van der Waals surface area contributed by atoms with E-state index in [0.717, 1.165) is 19.3 Å². The van der Waals surface area contributed by atoms with Gasteiger partial charge in [0.2, 0.25) is 0 Å². The standard InChI is InChI=1S/C12H17ClN2O3S/c1-9-4-2-3-7-15(9)19(17,18)14-10-5-6-12(16)11(13)8-10/h5-6,8-9,14,16H,2-4,7H2,1H3. The van der Waals surface area contributed by atoms with Gasteiger partial charge in [0.1, 0.15) is 5.75 Å². The molecule has 0 saturated carbocycles. The summed E-state index contributed by atoms with van der Waals surface area (Å²) in [7, 11) is -3.57. The first-order valence-corrected chi connectivity index (χ1v) is 8.00. The molecule has 1 aromatic rings. The lowest BCUT2D eigenvalue weighted by atomic mass is 10.1. The van der Waals surface area contributed by atoms with Gasteiger partial charge in [0.25, 0.3) is 0 Å². The maximum absolute atomic E-state index is 12.3. The molecule has 5 nitrogen and oxygen atoms in total. The van der Waals surface area contributed by atoms with Crippen molar-refractivity contribution < 1.29 is 13.5 Å². The average molecular weight is 305 g/mol. The van der Waals surface area contributed by atoms with Gasteiger partial charge in [0, 0.05) is 12.6 Å².